The highest BCUT2D eigenvalue weighted by Gasteiger charge is 2.11. The molecule has 7 heteroatoms. The van der Waals surface area contributed by atoms with Gasteiger partial charge in [0, 0.05) is 58.0 Å². The van der Waals surface area contributed by atoms with Crippen molar-refractivity contribution in [3.8, 4) is 0 Å². The molecule has 2 heterocycles. The van der Waals surface area contributed by atoms with Crippen molar-refractivity contribution in [1.29, 1.82) is 0 Å². The van der Waals surface area contributed by atoms with Crippen LogP contribution in [0.2, 0.25) is 0 Å². The minimum Gasteiger partial charge on any atom is -0.355 e. The molecular formula is C29H22N6O. The molecule has 7 nitrogen and oxygen atoms in total. The molecule has 0 aliphatic heterocycles. The van der Waals surface area contributed by atoms with E-state index in [4.69, 9.17) is 6.57 Å². The van der Waals surface area contributed by atoms with E-state index in [0.29, 0.717) is 16.9 Å². The molecule has 2 aromatic heterocycles. The minimum atomic E-state index is -0.193. The number of fused-ring (bicyclic) bond motifs is 1. The van der Waals surface area contributed by atoms with Gasteiger partial charge in [-0.3, -0.25) is 14.8 Å². The largest absolute Gasteiger partial charge is 0.355 e. The van der Waals surface area contributed by atoms with Gasteiger partial charge in [-0.2, -0.15) is 0 Å². The molecule has 0 radical (unpaired) electrons. The molecule has 5 aromatic rings. The molecule has 0 unspecified atom stereocenters. The molecular weight excluding hydrogens is 448 g/mol. The van der Waals surface area contributed by atoms with Gasteiger partial charge in [-0.1, -0.05) is 12.1 Å². The molecule has 3 N–H and O–H groups in total. The number of anilines is 5. The molecule has 0 saturated carbocycles. The molecule has 3 aromatic carbocycles. The summed E-state index contributed by atoms with van der Waals surface area (Å²) in [5, 5.41) is 10.6. The van der Waals surface area contributed by atoms with Gasteiger partial charge in [0.2, 0.25) is 0 Å². The summed E-state index contributed by atoms with van der Waals surface area (Å²) >= 11 is 0. The maximum Gasteiger partial charge on any atom is 0.255 e. The van der Waals surface area contributed by atoms with Crippen LogP contribution in [0.4, 0.5) is 34.1 Å². The van der Waals surface area contributed by atoms with Crippen molar-refractivity contribution in [2.75, 3.05) is 16.0 Å². The highest BCUT2D eigenvalue weighted by Crippen LogP contribution is 2.30. The lowest BCUT2D eigenvalue weighted by molar-refractivity contribution is 0.102. The van der Waals surface area contributed by atoms with Gasteiger partial charge < -0.3 is 16.0 Å². The summed E-state index contributed by atoms with van der Waals surface area (Å²) in [7, 11) is 0. The Labute approximate surface area is 208 Å². The topological polar surface area (TPSA) is 83.3 Å². The summed E-state index contributed by atoms with van der Waals surface area (Å²) in [5.41, 5.74) is 7.03. The number of carbonyl (C=O) groups excluding carboxylic acids is 1. The summed E-state index contributed by atoms with van der Waals surface area (Å²) in [4.78, 5) is 24.9. The van der Waals surface area contributed by atoms with Gasteiger partial charge in [-0.25, -0.2) is 4.85 Å². The van der Waals surface area contributed by atoms with Crippen LogP contribution in [0.5, 0.6) is 0 Å². The predicted molar refractivity (Wildman–Crippen MR) is 144 cm³/mol. The molecule has 0 spiro atoms. The summed E-state index contributed by atoms with van der Waals surface area (Å²) in [6, 6.07) is 24.1. The molecule has 36 heavy (non-hydrogen) atoms. The summed E-state index contributed by atoms with van der Waals surface area (Å²) < 4.78 is 0. The van der Waals surface area contributed by atoms with Crippen molar-refractivity contribution in [2.45, 2.75) is 6.92 Å². The van der Waals surface area contributed by atoms with Gasteiger partial charge in [-0.05, 0) is 79.2 Å². The fraction of sp³-hybridized carbons (Fsp3) is 0.0345. The van der Waals surface area contributed by atoms with Gasteiger partial charge in [-0.15, -0.1) is 0 Å². The maximum atomic E-state index is 13.0. The van der Waals surface area contributed by atoms with E-state index in [9.17, 15) is 4.79 Å². The lowest BCUT2D eigenvalue weighted by Gasteiger charge is -2.14. The number of amides is 1. The van der Waals surface area contributed by atoms with Gasteiger partial charge in [0.05, 0.1) is 12.1 Å². The number of aromatic nitrogens is 2. The smallest absolute Gasteiger partial charge is 0.255 e. The molecule has 0 aliphatic rings. The SMILES string of the molecule is [C-]#[N+]c1ccc2nccc(Nc3ccc(C(=O)Nc4cccc(Nc5ccncc5)c4)cc3C)c2c1. The number of carbonyl (C=O) groups is 1. The van der Waals surface area contributed by atoms with E-state index in [2.05, 4.69) is 30.8 Å². The van der Waals surface area contributed by atoms with Crippen molar-refractivity contribution in [3.63, 3.8) is 0 Å². The summed E-state index contributed by atoms with van der Waals surface area (Å²) in [5.74, 6) is -0.193. The molecule has 0 atom stereocenters. The molecule has 0 saturated heterocycles. The number of hydrogen-bond donors (Lipinski definition) is 3. The second-order valence-corrected chi connectivity index (χ2v) is 8.22. The fourth-order valence-electron chi connectivity index (χ4n) is 3.88. The maximum absolute atomic E-state index is 13.0. The van der Waals surface area contributed by atoms with E-state index in [-0.39, 0.29) is 5.91 Å². The highest BCUT2D eigenvalue weighted by atomic mass is 16.1. The second kappa shape index (κ2) is 9.95. The first-order valence-electron chi connectivity index (χ1n) is 11.3. The monoisotopic (exact) mass is 470 g/mol. The Balaban J connectivity index is 1.32. The normalized spacial score (nSPS) is 10.4. The number of benzene rings is 3. The Morgan fingerprint density at radius 2 is 1.64 bits per heavy atom. The number of nitrogens with one attached hydrogen (secondary N) is 3. The molecule has 0 bridgehead atoms. The fourth-order valence-corrected chi connectivity index (χ4v) is 3.88. The minimum absolute atomic E-state index is 0.193. The summed E-state index contributed by atoms with van der Waals surface area (Å²) in [6.07, 6.45) is 5.17. The molecule has 0 fully saturated rings. The number of aryl methyl sites for hydroxylation is 1. The molecule has 1 amide bonds. The third kappa shape index (κ3) is 4.98. The molecule has 5 rings (SSSR count). The van der Waals surface area contributed by atoms with Crippen molar-refractivity contribution >= 4 is 50.9 Å². The Morgan fingerprint density at radius 3 is 2.44 bits per heavy atom. The van der Waals surface area contributed by atoms with Crippen LogP contribution < -0.4 is 16.0 Å². The standard InChI is InChI=1S/C29H22N6O/c1-19-16-20(29(36)34-24-5-3-4-23(17-24)33-21-10-13-31-14-11-21)6-8-26(19)35-28-12-15-32-27-9-7-22(30-2)18-25(27)28/h3-18H,1H3,(H,31,33)(H,32,35)(H,34,36). The van der Waals surface area contributed by atoms with Crippen LogP contribution >= 0.6 is 0 Å². The van der Waals surface area contributed by atoms with Crippen LogP contribution in [-0.4, -0.2) is 15.9 Å². The highest BCUT2D eigenvalue weighted by molar-refractivity contribution is 6.05. The van der Waals surface area contributed by atoms with E-state index >= 15 is 0 Å². The zero-order valence-corrected chi connectivity index (χ0v) is 19.5. The Hall–Kier alpha value is -5.22. The molecule has 174 valence electrons. The summed E-state index contributed by atoms with van der Waals surface area (Å²) in [6.45, 7) is 9.24. The number of rotatable bonds is 6. The van der Waals surface area contributed by atoms with Gasteiger partial charge >= 0.3 is 0 Å². The first kappa shape index (κ1) is 22.6. The zero-order chi connectivity index (χ0) is 24.9. The van der Waals surface area contributed by atoms with Gasteiger partial charge in [0.15, 0.2) is 5.69 Å². The van der Waals surface area contributed by atoms with Crippen LogP contribution in [0, 0.1) is 13.5 Å². The lowest BCUT2D eigenvalue weighted by atomic mass is 10.1. The Morgan fingerprint density at radius 1 is 0.806 bits per heavy atom. The van der Waals surface area contributed by atoms with Crippen LogP contribution in [-0.2, 0) is 0 Å². The van der Waals surface area contributed by atoms with Gasteiger partial charge in [0.25, 0.3) is 5.91 Å². The van der Waals surface area contributed by atoms with E-state index in [0.717, 1.165) is 39.2 Å². The first-order chi connectivity index (χ1) is 17.6. The Kier molecular flexibility index (Phi) is 6.24. The lowest BCUT2D eigenvalue weighted by Crippen LogP contribution is -2.12. The quantitative estimate of drug-likeness (QED) is 0.228. The van der Waals surface area contributed by atoms with Gasteiger partial charge in [0.1, 0.15) is 0 Å². The average Bonchev–Trinajstić information content (AvgIpc) is 2.90. The van der Waals surface area contributed by atoms with E-state index < -0.39 is 0 Å². The number of hydrogen-bond acceptors (Lipinski definition) is 5. The predicted octanol–water partition coefficient (Wildman–Crippen LogP) is 7.23. The van der Waals surface area contributed by atoms with Crippen LogP contribution in [0.3, 0.4) is 0 Å². The van der Waals surface area contributed by atoms with E-state index in [1.807, 2.05) is 73.7 Å². The zero-order valence-electron chi connectivity index (χ0n) is 19.5. The second-order valence-electron chi connectivity index (χ2n) is 8.22. The average molecular weight is 471 g/mol. The van der Waals surface area contributed by atoms with Crippen LogP contribution in [0.1, 0.15) is 15.9 Å². The van der Waals surface area contributed by atoms with E-state index in [1.165, 1.54) is 0 Å². The number of nitrogens with zero attached hydrogens (tertiary/aromatic N) is 3. The Bertz CT molecular complexity index is 1610. The van der Waals surface area contributed by atoms with Crippen LogP contribution in [0.15, 0.2) is 97.5 Å². The molecule has 0 aliphatic carbocycles. The third-order valence-corrected chi connectivity index (χ3v) is 5.70. The van der Waals surface area contributed by atoms with Crippen molar-refractivity contribution in [1.82, 2.24) is 9.97 Å². The van der Waals surface area contributed by atoms with Crippen molar-refractivity contribution in [2.24, 2.45) is 0 Å². The third-order valence-electron chi connectivity index (χ3n) is 5.70. The van der Waals surface area contributed by atoms with E-state index in [1.54, 1.807) is 30.7 Å². The van der Waals surface area contributed by atoms with Crippen molar-refractivity contribution < 1.29 is 4.79 Å². The van der Waals surface area contributed by atoms with Crippen molar-refractivity contribution in [3.05, 3.63) is 120 Å². The number of pyridine rings is 2. The first-order valence-corrected chi connectivity index (χ1v) is 11.3. The van der Waals surface area contributed by atoms with Crippen LogP contribution in [0.25, 0.3) is 15.7 Å².